The Kier molecular flexibility index (Phi) is 5.84. The molecule has 0 saturated heterocycles. The van der Waals surface area contributed by atoms with Crippen molar-refractivity contribution in [2.24, 2.45) is 0 Å². The van der Waals surface area contributed by atoms with Gasteiger partial charge >= 0.3 is 5.97 Å². The van der Waals surface area contributed by atoms with Gasteiger partial charge in [-0.2, -0.15) is 0 Å². The van der Waals surface area contributed by atoms with Gasteiger partial charge in [-0.15, -0.1) is 0 Å². The maximum atomic E-state index is 12.5. The van der Waals surface area contributed by atoms with E-state index in [4.69, 9.17) is 0 Å². The molecule has 0 aliphatic heterocycles. The van der Waals surface area contributed by atoms with Crippen LogP contribution in [0.2, 0.25) is 0 Å². The third-order valence-corrected chi connectivity index (χ3v) is 3.47. The molecule has 1 heterocycles. The van der Waals surface area contributed by atoms with Crippen LogP contribution < -0.4 is 5.32 Å². The van der Waals surface area contributed by atoms with E-state index in [2.05, 4.69) is 15.0 Å². The molecule has 1 atom stereocenters. The van der Waals surface area contributed by atoms with Crippen molar-refractivity contribution in [2.75, 3.05) is 21.2 Å². The molecule has 0 radical (unpaired) electrons. The normalized spacial score (nSPS) is 11.3. The summed E-state index contributed by atoms with van der Waals surface area (Å²) in [6, 6.07) is 12.5. The Labute approximate surface area is 145 Å². The number of rotatable bonds is 5. The second kappa shape index (κ2) is 8.05. The molecule has 7 nitrogen and oxygen atoms in total. The summed E-state index contributed by atoms with van der Waals surface area (Å²) in [7, 11) is 4.46. The minimum atomic E-state index is -0.854. The smallest absolute Gasteiger partial charge is 0.356 e. The van der Waals surface area contributed by atoms with Crippen LogP contribution in [0.3, 0.4) is 0 Å². The highest BCUT2D eigenvalue weighted by Crippen LogP contribution is 2.15. The Morgan fingerprint density at radius 1 is 1.00 bits per heavy atom. The molecule has 0 spiro atoms. The van der Waals surface area contributed by atoms with Gasteiger partial charge in [0.05, 0.1) is 7.11 Å². The van der Waals surface area contributed by atoms with Crippen LogP contribution in [0.4, 0.5) is 0 Å². The first-order valence-corrected chi connectivity index (χ1v) is 7.56. The molecular formula is C18H19N3O4. The molecule has 2 aromatic rings. The van der Waals surface area contributed by atoms with Gasteiger partial charge in [0, 0.05) is 14.1 Å². The van der Waals surface area contributed by atoms with Crippen LogP contribution in [0.25, 0.3) is 0 Å². The average molecular weight is 341 g/mol. The Hall–Kier alpha value is -3.22. The number of benzene rings is 1. The molecule has 0 bridgehead atoms. The lowest BCUT2D eigenvalue weighted by Gasteiger charge is -2.22. The van der Waals surface area contributed by atoms with Gasteiger partial charge < -0.3 is 15.0 Å². The lowest BCUT2D eigenvalue weighted by atomic mass is 10.1. The summed E-state index contributed by atoms with van der Waals surface area (Å²) < 4.78 is 4.60. The van der Waals surface area contributed by atoms with Crippen LogP contribution in [0.15, 0.2) is 48.5 Å². The number of amides is 2. The van der Waals surface area contributed by atoms with Crippen molar-refractivity contribution in [3.8, 4) is 0 Å². The fourth-order valence-electron chi connectivity index (χ4n) is 2.18. The quantitative estimate of drug-likeness (QED) is 0.831. The Morgan fingerprint density at radius 2 is 1.64 bits per heavy atom. The number of likely N-dealkylation sites (N-methyl/N-ethyl adjacent to an activating group) is 1. The fourth-order valence-corrected chi connectivity index (χ4v) is 2.18. The van der Waals surface area contributed by atoms with Crippen molar-refractivity contribution in [3.05, 3.63) is 65.5 Å². The van der Waals surface area contributed by atoms with Crippen molar-refractivity contribution in [2.45, 2.75) is 6.04 Å². The topological polar surface area (TPSA) is 88.6 Å². The molecule has 130 valence electrons. The zero-order chi connectivity index (χ0) is 18.4. The maximum Gasteiger partial charge on any atom is 0.356 e. The van der Waals surface area contributed by atoms with Crippen LogP contribution in [0.1, 0.15) is 32.6 Å². The largest absolute Gasteiger partial charge is 0.464 e. The third-order valence-electron chi connectivity index (χ3n) is 3.47. The van der Waals surface area contributed by atoms with Gasteiger partial charge in [0.25, 0.3) is 5.91 Å². The van der Waals surface area contributed by atoms with E-state index in [0.29, 0.717) is 5.56 Å². The van der Waals surface area contributed by atoms with E-state index in [0.717, 1.165) is 0 Å². The first-order valence-electron chi connectivity index (χ1n) is 7.56. The van der Waals surface area contributed by atoms with E-state index in [1.165, 1.54) is 30.2 Å². The van der Waals surface area contributed by atoms with Crippen molar-refractivity contribution < 1.29 is 19.1 Å². The molecule has 2 amide bonds. The minimum Gasteiger partial charge on any atom is -0.464 e. The third kappa shape index (κ3) is 4.41. The molecular weight excluding hydrogens is 322 g/mol. The molecule has 1 aromatic heterocycles. The summed E-state index contributed by atoms with van der Waals surface area (Å²) >= 11 is 0. The summed E-state index contributed by atoms with van der Waals surface area (Å²) in [5.41, 5.74) is 0.694. The zero-order valence-electron chi connectivity index (χ0n) is 14.2. The molecule has 1 N–H and O–H groups in total. The Morgan fingerprint density at radius 3 is 2.24 bits per heavy atom. The van der Waals surface area contributed by atoms with Crippen LogP contribution >= 0.6 is 0 Å². The number of ether oxygens (including phenoxy) is 1. The van der Waals surface area contributed by atoms with Crippen molar-refractivity contribution in [1.29, 1.82) is 0 Å². The SMILES string of the molecule is COC(=O)c1cccc(C(=O)N[C@H](C(=O)N(C)C)c2ccccc2)n1. The van der Waals surface area contributed by atoms with Crippen molar-refractivity contribution in [3.63, 3.8) is 0 Å². The molecule has 0 fully saturated rings. The number of nitrogens with zero attached hydrogens (tertiary/aromatic N) is 2. The van der Waals surface area contributed by atoms with Crippen molar-refractivity contribution >= 4 is 17.8 Å². The van der Waals surface area contributed by atoms with Crippen molar-refractivity contribution in [1.82, 2.24) is 15.2 Å². The maximum absolute atomic E-state index is 12.5. The standard InChI is InChI=1S/C18H19N3O4/c1-21(2)17(23)15(12-8-5-4-6-9-12)20-16(22)13-10-7-11-14(19-13)18(24)25-3/h4-11,15H,1-3H3,(H,20,22)/t15-/m0/s1. The van der Waals surface area contributed by atoms with Gasteiger partial charge in [0.15, 0.2) is 0 Å². The predicted octanol–water partition coefficient (Wildman–Crippen LogP) is 1.43. The average Bonchev–Trinajstić information content (AvgIpc) is 2.65. The highest BCUT2D eigenvalue weighted by atomic mass is 16.5. The molecule has 1 aromatic carbocycles. The van der Waals surface area contributed by atoms with Crippen LogP contribution in [0, 0.1) is 0 Å². The predicted molar refractivity (Wildman–Crippen MR) is 90.9 cm³/mol. The number of nitrogens with one attached hydrogen (secondary N) is 1. The highest BCUT2D eigenvalue weighted by Gasteiger charge is 2.25. The van der Waals surface area contributed by atoms with Gasteiger partial charge in [0.1, 0.15) is 17.4 Å². The summed E-state index contributed by atoms with van der Waals surface area (Å²) in [6.07, 6.45) is 0. The fraction of sp³-hybridized carbons (Fsp3) is 0.222. The first-order chi connectivity index (χ1) is 11.9. The first kappa shape index (κ1) is 18.1. The number of hydrogen-bond donors (Lipinski definition) is 1. The second-order valence-corrected chi connectivity index (χ2v) is 5.45. The van der Waals surface area contributed by atoms with Gasteiger partial charge in [-0.3, -0.25) is 9.59 Å². The lowest BCUT2D eigenvalue weighted by Crippen LogP contribution is -2.40. The van der Waals surface area contributed by atoms with Crippen LogP contribution in [-0.4, -0.2) is 48.9 Å². The Balaban J connectivity index is 2.28. The highest BCUT2D eigenvalue weighted by molar-refractivity contribution is 5.97. The van der Waals surface area contributed by atoms with E-state index in [-0.39, 0.29) is 17.3 Å². The lowest BCUT2D eigenvalue weighted by molar-refractivity contribution is -0.130. The monoisotopic (exact) mass is 341 g/mol. The molecule has 0 unspecified atom stereocenters. The van der Waals surface area contributed by atoms with E-state index in [9.17, 15) is 14.4 Å². The second-order valence-electron chi connectivity index (χ2n) is 5.45. The number of carbonyl (C=O) groups excluding carboxylic acids is 3. The zero-order valence-corrected chi connectivity index (χ0v) is 14.2. The number of carbonyl (C=O) groups is 3. The van der Waals surface area contributed by atoms with Gasteiger partial charge in [-0.05, 0) is 17.7 Å². The van der Waals surface area contributed by atoms with E-state index in [1.807, 2.05) is 6.07 Å². The van der Waals surface area contributed by atoms with E-state index in [1.54, 1.807) is 38.4 Å². The minimum absolute atomic E-state index is 0.0188. The van der Waals surface area contributed by atoms with Crippen LogP contribution in [-0.2, 0) is 9.53 Å². The summed E-state index contributed by atoms with van der Waals surface area (Å²) in [6.45, 7) is 0. The molecule has 25 heavy (non-hydrogen) atoms. The summed E-state index contributed by atoms with van der Waals surface area (Å²) in [5.74, 6) is -1.47. The number of aromatic nitrogens is 1. The molecule has 0 saturated carbocycles. The van der Waals surface area contributed by atoms with Crippen LogP contribution in [0.5, 0.6) is 0 Å². The molecule has 0 aliphatic rings. The summed E-state index contributed by atoms with van der Waals surface area (Å²) in [5, 5.41) is 2.67. The number of esters is 1. The van der Waals surface area contributed by atoms with E-state index >= 15 is 0 Å². The number of hydrogen-bond acceptors (Lipinski definition) is 5. The number of methoxy groups -OCH3 is 1. The van der Waals surface area contributed by atoms with E-state index < -0.39 is 17.9 Å². The molecule has 2 rings (SSSR count). The molecule has 0 aliphatic carbocycles. The Bertz CT molecular complexity index is 775. The van der Waals surface area contributed by atoms with Gasteiger partial charge in [-0.25, -0.2) is 9.78 Å². The summed E-state index contributed by atoms with van der Waals surface area (Å²) in [4.78, 5) is 41.9. The van der Waals surface area contributed by atoms with Gasteiger partial charge in [-0.1, -0.05) is 36.4 Å². The van der Waals surface area contributed by atoms with Gasteiger partial charge in [0.2, 0.25) is 5.91 Å². The molecule has 7 heteroatoms. The number of pyridine rings is 1.